The van der Waals surface area contributed by atoms with Gasteiger partial charge >= 0.3 is 5.97 Å². The third-order valence-electron chi connectivity index (χ3n) is 4.00. The predicted octanol–water partition coefficient (Wildman–Crippen LogP) is 2.74. The standard InChI is InChI=1S/C18H19NO5S/c1-23-14-10-15(12-5-3-2-4-6-12)25-17(14)18(22)19-7-8-24-13(11-19)9-16(20)21/h2-6,10,13H,7-9,11H2,1H3,(H,20,21)/t13-/m1/s1. The van der Waals surface area contributed by atoms with Crippen molar-refractivity contribution in [1.29, 1.82) is 0 Å². The van der Waals surface area contributed by atoms with Crippen molar-refractivity contribution in [2.24, 2.45) is 0 Å². The summed E-state index contributed by atoms with van der Waals surface area (Å²) in [7, 11) is 1.54. The zero-order chi connectivity index (χ0) is 17.8. The molecule has 6 nitrogen and oxygen atoms in total. The van der Waals surface area contributed by atoms with Crippen molar-refractivity contribution in [3.05, 3.63) is 41.3 Å². The van der Waals surface area contributed by atoms with Crippen molar-refractivity contribution >= 4 is 23.2 Å². The lowest BCUT2D eigenvalue weighted by atomic mass is 10.2. The van der Waals surface area contributed by atoms with Gasteiger partial charge in [-0.05, 0) is 11.6 Å². The number of carbonyl (C=O) groups excluding carboxylic acids is 1. The van der Waals surface area contributed by atoms with E-state index in [2.05, 4.69) is 0 Å². The molecule has 25 heavy (non-hydrogen) atoms. The van der Waals surface area contributed by atoms with E-state index in [4.69, 9.17) is 14.6 Å². The number of aliphatic carboxylic acids is 1. The van der Waals surface area contributed by atoms with Crippen molar-refractivity contribution < 1.29 is 24.2 Å². The lowest BCUT2D eigenvalue weighted by Crippen LogP contribution is -2.46. The lowest BCUT2D eigenvalue weighted by molar-refractivity contribution is -0.141. The van der Waals surface area contributed by atoms with Crippen LogP contribution in [-0.4, -0.2) is 54.8 Å². The Kier molecular flexibility index (Phi) is 5.35. The van der Waals surface area contributed by atoms with Gasteiger partial charge in [-0.1, -0.05) is 30.3 Å². The van der Waals surface area contributed by atoms with Gasteiger partial charge in [0.1, 0.15) is 10.6 Å². The molecule has 132 valence electrons. The second-order valence-corrected chi connectivity index (χ2v) is 6.77. The Morgan fingerprint density at radius 1 is 1.36 bits per heavy atom. The fourth-order valence-electron chi connectivity index (χ4n) is 2.79. The number of carboxylic acids is 1. The Morgan fingerprint density at radius 2 is 2.12 bits per heavy atom. The average molecular weight is 361 g/mol. The van der Waals surface area contributed by atoms with E-state index in [-0.39, 0.29) is 18.9 Å². The zero-order valence-electron chi connectivity index (χ0n) is 13.8. The molecule has 1 atom stereocenters. The Morgan fingerprint density at radius 3 is 2.80 bits per heavy atom. The molecule has 0 radical (unpaired) electrons. The maximum atomic E-state index is 12.9. The molecule has 0 aliphatic carbocycles. The number of carbonyl (C=O) groups is 2. The van der Waals surface area contributed by atoms with Crippen molar-refractivity contribution in [1.82, 2.24) is 4.90 Å². The number of morpholine rings is 1. The molecule has 1 aromatic heterocycles. The average Bonchev–Trinajstić information content (AvgIpc) is 3.06. The Labute approximate surface area is 149 Å². The number of rotatable bonds is 5. The Bertz CT molecular complexity index is 758. The molecule has 2 aromatic rings. The first-order valence-electron chi connectivity index (χ1n) is 7.94. The van der Waals surface area contributed by atoms with Crippen LogP contribution in [-0.2, 0) is 9.53 Å². The van der Waals surface area contributed by atoms with Crippen LogP contribution in [0.4, 0.5) is 0 Å². The molecule has 1 aliphatic heterocycles. The molecule has 1 amide bonds. The van der Waals surface area contributed by atoms with Crippen LogP contribution < -0.4 is 4.74 Å². The maximum Gasteiger partial charge on any atom is 0.306 e. The molecule has 1 N–H and O–H groups in total. The summed E-state index contributed by atoms with van der Waals surface area (Å²) in [4.78, 5) is 26.9. The van der Waals surface area contributed by atoms with Crippen LogP contribution in [0.5, 0.6) is 5.75 Å². The van der Waals surface area contributed by atoms with E-state index < -0.39 is 12.1 Å². The van der Waals surface area contributed by atoms with Crippen LogP contribution >= 0.6 is 11.3 Å². The minimum atomic E-state index is -0.931. The minimum Gasteiger partial charge on any atom is -0.495 e. The highest BCUT2D eigenvalue weighted by Gasteiger charge is 2.29. The van der Waals surface area contributed by atoms with E-state index in [1.165, 1.54) is 11.3 Å². The molecule has 1 aromatic carbocycles. The van der Waals surface area contributed by atoms with E-state index in [0.717, 1.165) is 10.4 Å². The highest BCUT2D eigenvalue weighted by Crippen LogP contribution is 2.37. The molecule has 0 bridgehead atoms. The van der Waals surface area contributed by atoms with Gasteiger partial charge < -0.3 is 19.5 Å². The van der Waals surface area contributed by atoms with Crippen LogP contribution in [0.1, 0.15) is 16.1 Å². The Hall–Kier alpha value is -2.38. The monoisotopic (exact) mass is 361 g/mol. The molecule has 1 fully saturated rings. The number of hydrogen-bond acceptors (Lipinski definition) is 5. The minimum absolute atomic E-state index is 0.110. The topological polar surface area (TPSA) is 76.1 Å². The first-order valence-corrected chi connectivity index (χ1v) is 8.76. The number of hydrogen-bond donors (Lipinski definition) is 1. The molecule has 0 unspecified atom stereocenters. The number of methoxy groups -OCH3 is 1. The summed E-state index contributed by atoms with van der Waals surface area (Å²) in [5.74, 6) is -0.544. The number of ether oxygens (including phenoxy) is 2. The number of carboxylic acid groups (broad SMARTS) is 1. The van der Waals surface area contributed by atoms with Crippen molar-refractivity contribution in [3.8, 4) is 16.2 Å². The van der Waals surface area contributed by atoms with Crippen LogP contribution in [0.25, 0.3) is 10.4 Å². The van der Waals surface area contributed by atoms with E-state index in [1.807, 2.05) is 36.4 Å². The SMILES string of the molecule is COc1cc(-c2ccccc2)sc1C(=O)N1CCO[C@H](CC(=O)O)C1. The third kappa shape index (κ3) is 4.00. The van der Waals surface area contributed by atoms with Gasteiger partial charge in [0.05, 0.1) is 26.2 Å². The largest absolute Gasteiger partial charge is 0.495 e. The fraction of sp³-hybridized carbons (Fsp3) is 0.333. The van der Waals surface area contributed by atoms with Crippen LogP contribution in [0, 0.1) is 0 Å². The Balaban J connectivity index is 1.82. The molecule has 2 heterocycles. The van der Waals surface area contributed by atoms with Gasteiger partial charge in [-0.2, -0.15) is 0 Å². The zero-order valence-corrected chi connectivity index (χ0v) is 14.6. The summed E-state index contributed by atoms with van der Waals surface area (Å²) in [5.41, 5.74) is 1.02. The number of thiophene rings is 1. The summed E-state index contributed by atoms with van der Waals surface area (Å²) in [6.07, 6.45) is -0.588. The van der Waals surface area contributed by atoms with Crippen LogP contribution in [0.3, 0.4) is 0 Å². The van der Waals surface area contributed by atoms with Crippen molar-refractivity contribution in [2.75, 3.05) is 26.8 Å². The molecule has 1 aliphatic rings. The lowest BCUT2D eigenvalue weighted by Gasteiger charge is -2.32. The summed E-state index contributed by atoms with van der Waals surface area (Å²) < 4.78 is 10.8. The second-order valence-electron chi connectivity index (χ2n) is 5.72. The first-order chi connectivity index (χ1) is 12.1. The normalized spacial score (nSPS) is 17.3. The van der Waals surface area contributed by atoms with Crippen molar-refractivity contribution in [2.45, 2.75) is 12.5 Å². The summed E-state index contributed by atoms with van der Waals surface area (Å²) in [6.45, 7) is 1.05. The number of amides is 1. The van der Waals surface area contributed by atoms with Gasteiger partial charge in [0.15, 0.2) is 0 Å². The highest BCUT2D eigenvalue weighted by molar-refractivity contribution is 7.17. The van der Waals surface area contributed by atoms with Gasteiger partial charge in [0, 0.05) is 18.0 Å². The summed E-state index contributed by atoms with van der Waals surface area (Å²) in [6, 6.07) is 11.7. The molecular formula is C18H19NO5S. The first kappa shape index (κ1) is 17.4. The van der Waals surface area contributed by atoms with E-state index in [1.54, 1.807) is 12.0 Å². The number of benzene rings is 1. The third-order valence-corrected chi connectivity index (χ3v) is 5.15. The van der Waals surface area contributed by atoms with Crippen molar-refractivity contribution in [3.63, 3.8) is 0 Å². The second kappa shape index (κ2) is 7.67. The van der Waals surface area contributed by atoms with Gasteiger partial charge in [0.25, 0.3) is 5.91 Å². The van der Waals surface area contributed by atoms with E-state index in [0.29, 0.717) is 23.8 Å². The molecule has 7 heteroatoms. The molecule has 3 rings (SSSR count). The van der Waals surface area contributed by atoms with Crippen LogP contribution in [0.15, 0.2) is 36.4 Å². The fourth-order valence-corrected chi connectivity index (χ4v) is 3.88. The predicted molar refractivity (Wildman–Crippen MR) is 94.2 cm³/mol. The van der Waals surface area contributed by atoms with E-state index in [9.17, 15) is 9.59 Å². The van der Waals surface area contributed by atoms with E-state index >= 15 is 0 Å². The highest BCUT2D eigenvalue weighted by atomic mass is 32.1. The van der Waals surface area contributed by atoms with Gasteiger partial charge in [-0.25, -0.2) is 0 Å². The summed E-state index contributed by atoms with van der Waals surface area (Å²) in [5, 5.41) is 8.92. The quantitative estimate of drug-likeness (QED) is 0.886. The molecular weight excluding hydrogens is 342 g/mol. The smallest absolute Gasteiger partial charge is 0.306 e. The van der Waals surface area contributed by atoms with Gasteiger partial charge in [-0.3, -0.25) is 9.59 Å². The number of nitrogens with zero attached hydrogens (tertiary/aromatic N) is 1. The molecule has 1 saturated heterocycles. The van der Waals surface area contributed by atoms with Crippen LogP contribution in [0.2, 0.25) is 0 Å². The van der Waals surface area contributed by atoms with Gasteiger partial charge in [-0.15, -0.1) is 11.3 Å². The molecule has 0 saturated carbocycles. The maximum absolute atomic E-state index is 12.9. The van der Waals surface area contributed by atoms with Gasteiger partial charge in [0.2, 0.25) is 0 Å². The molecule has 0 spiro atoms. The summed E-state index contributed by atoms with van der Waals surface area (Å²) >= 11 is 1.38.